The van der Waals surface area contributed by atoms with Gasteiger partial charge in [0.25, 0.3) is 0 Å². The Labute approximate surface area is 87.1 Å². The van der Waals surface area contributed by atoms with Gasteiger partial charge in [-0.25, -0.2) is 0 Å². The van der Waals surface area contributed by atoms with E-state index < -0.39 is 0 Å². The summed E-state index contributed by atoms with van der Waals surface area (Å²) < 4.78 is 10.5. The summed E-state index contributed by atoms with van der Waals surface area (Å²) in [5, 5.41) is 0.650. The third kappa shape index (κ3) is 1.61. The minimum Gasteiger partial charge on any atom is -0.496 e. The van der Waals surface area contributed by atoms with Gasteiger partial charge in [-0.1, -0.05) is 11.6 Å². The predicted molar refractivity (Wildman–Crippen MR) is 55.7 cm³/mol. The number of methoxy groups -OCH3 is 1. The van der Waals surface area contributed by atoms with Crippen LogP contribution in [0.5, 0.6) is 5.75 Å². The number of halogens is 1. The molecule has 0 bridgehead atoms. The third-order valence-corrected chi connectivity index (χ3v) is 2.19. The molecule has 72 valence electrons. The van der Waals surface area contributed by atoms with Crippen LogP contribution < -0.4 is 4.74 Å². The van der Waals surface area contributed by atoms with E-state index in [0.29, 0.717) is 10.8 Å². The lowest BCUT2D eigenvalue weighted by Crippen LogP contribution is -1.86. The molecule has 0 saturated carbocycles. The van der Waals surface area contributed by atoms with Crippen molar-refractivity contribution in [3.05, 3.63) is 41.6 Å². The van der Waals surface area contributed by atoms with E-state index in [9.17, 15) is 0 Å². The molecule has 0 spiro atoms. The van der Waals surface area contributed by atoms with E-state index >= 15 is 0 Å². The summed E-state index contributed by atoms with van der Waals surface area (Å²) in [5.74, 6) is 1.49. The van der Waals surface area contributed by atoms with Gasteiger partial charge in [0.05, 0.1) is 18.9 Å². The highest BCUT2D eigenvalue weighted by molar-refractivity contribution is 6.30. The van der Waals surface area contributed by atoms with Crippen LogP contribution in [0.4, 0.5) is 0 Å². The average molecular weight is 209 g/mol. The summed E-state index contributed by atoms with van der Waals surface area (Å²) in [5.41, 5.74) is 0.905. The van der Waals surface area contributed by atoms with E-state index in [-0.39, 0.29) is 0 Å². The molecule has 2 aromatic rings. The standard InChI is InChI=1S/C11H9ClO2/c1-13-11-7-8(12)4-5-9(11)10-3-2-6-14-10/h2-7H,1H3. The number of rotatable bonds is 2. The van der Waals surface area contributed by atoms with Crippen molar-refractivity contribution < 1.29 is 9.15 Å². The fourth-order valence-electron chi connectivity index (χ4n) is 1.30. The first-order valence-electron chi connectivity index (χ1n) is 4.18. The van der Waals surface area contributed by atoms with Crippen LogP contribution in [0.3, 0.4) is 0 Å². The molecular weight excluding hydrogens is 200 g/mol. The second-order valence-electron chi connectivity index (χ2n) is 2.82. The quantitative estimate of drug-likeness (QED) is 0.752. The molecule has 0 aliphatic rings. The number of ether oxygens (including phenoxy) is 1. The van der Waals surface area contributed by atoms with Crippen molar-refractivity contribution >= 4 is 11.6 Å². The van der Waals surface area contributed by atoms with Gasteiger partial charge in [-0.05, 0) is 30.3 Å². The Bertz CT molecular complexity index is 421. The number of furan rings is 1. The van der Waals surface area contributed by atoms with Crippen LogP contribution >= 0.6 is 11.6 Å². The molecule has 0 aliphatic carbocycles. The van der Waals surface area contributed by atoms with Gasteiger partial charge in [0, 0.05) is 5.02 Å². The van der Waals surface area contributed by atoms with Gasteiger partial charge in [-0.15, -0.1) is 0 Å². The first-order chi connectivity index (χ1) is 6.81. The van der Waals surface area contributed by atoms with Crippen LogP contribution in [0.2, 0.25) is 5.02 Å². The predicted octanol–water partition coefficient (Wildman–Crippen LogP) is 3.61. The van der Waals surface area contributed by atoms with E-state index in [0.717, 1.165) is 11.3 Å². The first kappa shape index (κ1) is 9.16. The lowest BCUT2D eigenvalue weighted by Gasteiger charge is -2.05. The Morgan fingerprint density at radius 2 is 2.14 bits per heavy atom. The number of benzene rings is 1. The Balaban J connectivity index is 2.53. The molecule has 0 saturated heterocycles. The highest BCUT2D eigenvalue weighted by atomic mass is 35.5. The van der Waals surface area contributed by atoms with Crippen LogP contribution in [0.15, 0.2) is 41.0 Å². The largest absolute Gasteiger partial charge is 0.496 e. The van der Waals surface area contributed by atoms with Crippen molar-refractivity contribution in [2.24, 2.45) is 0 Å². The van der Waals surface area contributed by atoms with Gasteiger partial charge < -0.3 is 9.15 Å². The smallest absolute Gasteiger partial charge is 0.137 e. The molecule has 1 aromatic heterocycles. The molecule has 0 fully saturated rings. The van der Waals surface area contributed by atoms with Crippen molar-refractivity contribution in [1.29, 1.82) is 0 Å². The van der Waals surface area contributed by atoms with E-state index in [1.54, 1.807) is 19.4 Å². The normalized spacial score (nSPS) is 10.1. The fourth-order valence-corrected chi connectivity index (χ4v) is 1.46. The summed E-state index contributed by atoms with van der Waals surface area (Å²) in [4.78, 5) is 0. The molecule has 0 N–H and O–H groups in total. The number of hydrogen-bond donors (Lipinski definition) is 0. The van der Waals surface area contributed by atoms with E-state index in [1.807, 2.05) is 24.3 Å². The SMILES string of the molecule is COc1cc(Cl)ccc1-c1ccco1. The lowest BCUT2D eigenvalue weighted by atomic mass is 10.1. The van der Waals surface area contributed by atoms with Crippen molar-refractivity contribution in [3.63, 3.8) is 0 Å². The van der Waals surface area contributed by atoms with Crippen LogP contribution in [-0.2, 0) is 0 Å². The van der Waals surface area contributed by atoms with Gasteiger partial charge in [0.2, 0.25) is 0 Å². The minimum atomic E-state index is 0.650. The van der Waals surface area contributed by atoms with Gasteiger partial charge in [-0.2, -0.15) is 0 Å². The van der Waals surface area contributed by atoms with Gasteiger partial charge in [0.1, 0.15) is 11.5 Å². The summed E-state index contributed by atoms with van der Waals surface area (Å²) in [6.45, 7) is 0. The molecule has 0 aliphatic heterocycles. The summed E-state index contributed by atoms with van der Waals surface area (Å²) >= 11 is 5.85. The van der Waals surface area contributed by atoms with Crippen molar-refractivity contribution in [2.75, 3.05) is 7.11 Å². The van der Waals surface area contributed by atoms with E-state index in [4.69, 9.17) is 20.8 Å². The van der Waals surface area contributed by atoms with E-state index in [2.05, 4.69) is 0 Å². The molecular formula is C11H9ClO2. The minimum absolute atomic E-state index is 0.650. The fraction of sp³-hybridized carbons (Fsp3) is 0.0909. The molecule has 3 heteroatoms. The number of hydrogen-bond acceptors (Lipinski definition) is 2. The zero-order chi connectivity index (χ0) is 9.97. The highest BCUT2D eigenvalue weighted by Crippen LogP contribution is 2.32. The molecule has 2 nitrogen and oxygen atoms in total. The van der Waals surface area contributed by atoms with Crippen LogP contribution in [0, 0.1) is 0 Å². The maximum atomic E-state index is 5.85. The molecule has 0 unspecified atom stereocenters. The monoisotopic (exact) mass is 208 g/mol. The molecule has 14 heavy (non-hydrogen) atoms. The van der Waals surface area contributed by atoms with Crippen molar-refractivity contribution in [1.82, 2.24) is 0 Å². The van der Waals surface area contributed by atoms with E-state index in [1.165, 1.54) is 0 Å². The molecule has 0 atom stereocenters. The second kappa shape index (κ2) is 3.76. The maximum absolute atomic E-state index is 5.85. The molecule has 0 radical (unpaired) electrons. The highest BCUT2D eigenvalue weighted by Gasteiger charge is 2.07. The lowest BCUT2D eigenvalue weighted by molar-refractivity contribution is 0.414. The zero-order valence-electron chi connectivity index (χ0n) is 7.66. The van der Waals surface area contributed by atoms with Crippen molar-refractivity contribution in [3.8, 4) is 17.1 Å². The molecule has 0 amide bonds. The topological polar surface area (TPSA) is 22.4 Å². The van der Waals surface area contributed by atoms with Crippen LogP contribution in [0.1, 0.15) is 0 Å². The van der Waals surface area contributed by atoms with Gasteiger partial charge in [0.15, 0.2) is 0 Å². The molecule has 1 heterocycles. The maximum Gasteiger partial charge on any atom is 0.137 e. The van der Waals surface area contributed by atoms with Crippen molar-refractivity contribution in [2.45, 2.75) is 0 Å². The summed E-state index contributed by atoms with van der Waals surface area (Å²) in [7, 11) is 1.61. The van der Waals surface area contributed by atoms with Gasteiger partial charge in [-0.3, -0.25) is 0 Å². The molecule has 2 rings (SSSR count). The Hall–Kier alpha value is -1.41. The summed E-state index contributed by atoms with van der Waals surface area (Å²) in [6.07, 6.45) is 1.63. The third-order valence-electron chi connectivity index (χ3n) is 1.95. The van der Waals surface area contributed by atoms with Crippen LogP contribution in [0.25, 0.3) is 11.3 Å². The Kier molecular flexibility index (Phi) is 2.46. The first-order valence-corrected chi connectivity index (χ1v) is 4.56. The van der Waals surface area contributed by atoms with Gasteiger partial charge >= 0.3 is 0 Å². The molecule has 1 aromatic carbocycles. The Morgan fingerprint density at radius 3 is 2.79 bits per heavy atom. The Morgan fingerprint density at radius 1 is 1.29 bits per heavy atom. The second-order valence-corrected chi connectivity index (χ2v) is 3.26. The summed E-state index contributed by atoms with van der Waals surface area (Å²) in [6, 6.07) is 9.16. The average Bonchev–Trinajstić information content (AvgIpc) is 2.70. The zero-order valence-corrected chi connectivity index (χ0v) is 8.41. The van der Waals surface area contributed by atoms with Crippen LogP contribution in [-0.4, -0.2) is 7.11 Å².